The molecule has 0 fully saturated rings. The van der Waals surface area contributed by atoms with Gasteiger partial charge in [-0.1, -0.05) is 43.6 Å². The van der Waals surface area contributed by atoms with Gasteiger partial charge in [0.2, 0.25) is 0 Å². The summed E-state index contributed by atoms with van der Waals surface area (Å²) in [7, 11) is 1.31. The monoisotopic (exact) mass is 414 g/mol. The van der Waals surface area contributed by atoms with Crippen LogP contribution in [0.5, 0.6) is 11.5 Å². The molecule has 1 aromatic rings. The number of allylic oxidation sites excluding steroid dienone is 3. The van der Waals surface area contributed by atoms with E-state index in [2.05, 4.69) is 19.6 Å². The van der Waals surface area contributed by atoms with Crippen LogP contribution < -0.4 is 4.74 Å². The standard InChI is InChI=1S/C25H34O5/c1-7-8-9-10-18-14-21(27)23(20-13-16(4)11-12-19(20)15(2)3)24(30-17(5)26)22(18)25(28)29-6/h13-14,19-20,27H,2,7-12H2,1,3-6H3/t19-,20+/m0/s1. The lowest BCUT2D eigenvalue weighted by atomic mass is 9.73. The molecule has 0 radical (unpaired) electrons. The normalized spacial score (nSPS) is 18.5. The number of carbonyl (C=O) groups excluding carboxylic acids is 2. The van der Waals surface area contributed by atoms with Gasteiger partial charge in [0.05, 0.1) is 7.11 Å². The zero-order chi connectivity index (χ0) is 22.4. The van der Waals surface area contributed by atoms with Crippen molar-refractivity contribution in [2.75, 3.05) is 7.11 Å². The lowest BCUT2D eigenvalue weighted by Crippen LogP contribution is -2.21. The highest BCUT2D eigenvalue weighted by atomic mass is 16.5. The summed E-state index contributed by atoms with van der Waals surface area (Å²) in [5.41, 5.74) is 3.50. The molecule has 164 valence electrons. The van der Waals surface area contributed by atoms with Gasteiger partial charge in [-0.2, -0.15) is 0 Å². The molecule has 1 aromatic carbocycles. The third-order valence-electron chi connectivity index (χ3n) is 5.78. The maximum Gasteiger partial charge on any atom is 0.341 e. The smallest absolute Gasteiger partial charge is 0.341 e. The predicted octanol–water partition coefficient (Wildman–Crippen LogP) is 5.85. The van der Waals surface area contributed by atoms with E-state index < -0.39 is 11.9 Å². The number of phenolic OH excluding ortho intramolecular Hbond substituents is 1. The molecule has 1 aliphatic rings. The maximum absolute atomic E-state index is 12.8. The van der Waals surface area contributed by atoms with Crippen LogP contribution in [0.1, 0.15) is 87.2 Å². The fraction of sp³-hybridized carbons (Fsp3) is 0.520. The molecular formula is C25H34O5. The van der Waals surface area contributed by atoms with Crippen LogP contribution in [0, 0.1) is 5.92 Å². The van der Waals surface area contributed by atoms with E-state index in [-0.39, 0.29) is 28.9 Å². The van der Waals surface area contributed by atoms with Gasteiger partial charge >= 0.3 is 11.9 Å². The first-order chi connectivity index (χ1) is 14.2. The fourth-order valence-corrected chi connectivity index (χ4v) is 4.28. The second kappa shape index (κ2) is 10.5. The van der Waals surface area contributed by atoms with Crippen molar-refractivity contribution in [3.05, 3.63) is 46.6 Å². The number of aryl methyl sites for hydroxylation is 1. The van der Waals surface area contributed by atoms with Crippen molar-refractivity contribution >= 4 is 11.9 Å². The molecule has 2 rings (SSSR count). The number of phenols is 1. The number of ether oxygens (including phenoxy) is 2. The van der Waals surface area contributed by atoms with Gasteiger partial charge in [-0.05, 0) is 57.1 Å². The first kappa shape index (κ1) is 23.7. The van der Waals surface area contributed by atoms with E-state index in [1.165, 1.54) is 19.6 Å². The number of carbonyl (C=O) groups is 2. The van der Waals surface area contributed by atoms with Crippen LogP contribution in [0.4, 0.5) is 0 Å². The van der Waals surface area contributed by atoms with Crippen LogP contribution in [0.15, 0.2) is 29.9 Å². The average Bonchev–Trinajstić information content (AvgIpc) is 2.67. The van der Waals surface area contributed by atoms with Gasteiger partial charge in [0, 0.05) is 18.4 Å². The summed E-state index contributed by atoms with van der Waals surface area (Å²) in [6.07, 6.45) is 7.38. The van der Waals surface area contributed by atoms with Crippen LogP contribution in [0.2, 0.25) is 0 Å². The van der Waals surface area contributed by atoms with E-state index in [1.807, 2.05) is 13.8 Å². The Morgan fingerprint density at radius 2 is 1.97 bits per heavy atom. The molecule has 0 heterocycles. The van der Waals surface area contributed by atoms with Crippen LogP contribution in [-0.2, 0) is 16.0 Å². The minimum atomic E-state index is -0.567. The number of hydrogen-bond acceptors (Lipinski definition) is 5. The molecule has 0 aliphatic heterocycles. The Kier molecular flexibility index (Phi) is 8.27. The Balaban J connectivity index is 2.77. The molecule has 1 aliphatic carbocycles. The summed E-state index contributed by atoms with van der Waals surface area (Å²) in [5.74, 6) is -1.13. The summed E-state index contributed by atoms with van der Waals surface area (Å²) in [6, 6.07) is 1.64. The van der Waals surface area contributed by atoms with Gasteiger partial charge in [-0.15, -0.1) is 0 Å². The quantitative estimate of drug-likeness (QED) is 0.250. The molecule has 0 amide bonds. The van der Waals surface area contributed by atoms with Crippen LogP contribution in [0.25, 0.3) is 0 Å². The second-order valence-corrected chi connectivity index (χ2v) is 8.25. The molecule has 2 atom stereocenters. The van der Waals surface area contributed by atoms with E-state index in [4.69, 9.17) is 9.47 Å². The number of rotatable bonds is 8. The van der Waals surface area contributed by atoms with E-state index in [0.717, 1.165) is 37.7 Å². The molecule has 0 unspecified atom stereocenters. The van der Waals surface area contributed by atoms with Gasteiger partial charge in [0.25, 0.3) is 0 Å². The van der Waals surface area contributed by atoms with Crippen molar-refractivity contribution in [1.82, 2.24) is 0 Å². The number of aromatic hydroxyl groups is 1. The number of methoxy groups -OCH3 is 1. The van der Waals surface area contributed by atoms with Crippen molar-refractivity contribution in [1.29, 1.82) is 0 Å². The fourth-order valence-electron chi connectivity index (χ4n) is 4.28. The summed E-state index contributed by atoms with van der Waals surface area (Å²) in [4.78, 5) is 24.8. The Hall–Kier alpha value is -2.56. The van der Waals surface area contributed by atoms with Crippen molar-refractivity contribution in [2.24, 2.45) is 5.92 Å². The van der Waals surface area contributed by atoms with Crippen molar-refractivity contribution < 1.29 is 24.2 Å². The molecule has 30 heavy (non-hydrogen) atoms. The highest BCUT2D eigenvalue weighted by Gasteiger charge is 2.34. The molecular weight excluding hydrogens is 380 g/mol. The molecule has 1 N–H and O–H groups in total. The van der Waals surface area contributed by atoms with E-state index in [9.17, 15) is 14.7 Å². The van der Waals surface area contributed by atoms with E-state index >= 15 is 0 Å². The van der Waals surface area contributed by atoms with Gasteiger partial charge in [-0.25, -0.2) is 4.79 Å². The zero-order valence-electron chi connectivity index (χ0n) is 18.8. The number of hydrogen-bond donors (Lipinski definition) is 1. The van der Waals surface area contributed by atoms with E-state index in [0.29, 0.717) is 17.5 Å². The van der Waals surface area contributed by atoms with E-state index in [1.54, 1.807) is 6.07 Å². The third-order valence-corrected chi connectivity index (χ3v) is 5.78. The minimum Gasteiger partial charge on any atom is -0.507 e. The SMILES string of the molecule is C=C(C)[C@@H]1CCC(C)=C[C@H]1c1c(O)cc(CCCCC)c(C(=O)OC)c1OC(C)=O. The Morgan fingerprint density at radius 1 is 1.27 bits per heavy atom. The molecule has 0 bridgehead atoms. The van der Waals surface area contributed by atoms with Gasteiger partial charge in [0.1, 0.15) is 11.3 Å². The molecule has 5 heteroatoms. The molecule has 0 aromatic heterocycles. The Bertz CT molecular complexity index is 850. The van der Waals surface area contributed by atoms with Crippen LogP contribution in [0.3, 0.4) is 0 Å². The average molecular weight is 415 g/mol. The Morgan fingerprint density at radius 3 is 2.53 bits per heavy atom. The minimum absolute atomic E-state index is 0.0348. The van der Waals surface area contributed by atoms with Crippen molar-refractivity contribution in [3.63, 3.8) is 0 Å². The zero-order valence-corrected chi connectivity index (χ0v) is 18.8. The first-order valence-electron chi connectivity index (χ1n) is 10.7. The summed E-state index contributed by atoms with van der Waals surface area (Å²) in [5, 5.41) is 11.1. The second-order valence-electron chi connectivity index (χ2n) is 8.25. The summed E-state index contributed by atoms with van der Waals surface area (Å²) >= 11 is 0. The Labute approximate surface area is 179 Å². The van der Waals surface area contributed by atoms with Gasteiger partial charge in [-0.3, -0.25) is 4.79 Å². The highest BCUT2D eigenvalue weighted by Crippen LogP contribution is 2.48. The molecule has 0 spiro atoms. The van der Waals surface area contributed by atoms with Crippen LogP contribution >= 0.6 is 0 Å². The molecule has 5 nitrogen and oxygen atoms in total. The van der Waals surface area contributed by atoms with Gasteiger partial charge < -0.3 is 14.6 Å². The lowest BCUT2D eigenvalue weighted by Gasteiger charge is -2.32. The summed E-state index contributed by atoms with van der Waals surface area (Å²) < 4.78 is 10.6. The largest absolute Gasteiger partial charge is 0.507 e. The molecule has 0 saturated heterocycles. The third kappa shape index (κ3) is 5.32. The topological polar surface area (TPSA) is 72.8 Å². The summed E-state index contributed by atoms with van der Waals surface area (Å²) in [6.45, 7) is 11.5. The lowest BCUT2D eigenvalue weighted by molar-refractivity contribution is -0.131. The number of unbranched alkanes of at least 4 members (excludes halogenated alkanes) is 2. The van der Waals surface area contributed by atoms with Gasteiger partial charge in [0.15, 0.2) is 5.75 Å². The first-order valence-corrected chi connectivity index (χ1v) is 10.7. The number of esters is 2. The number of benzene rings is 1. The maximum atomic E-state index is 12.8. The van der Waals surface area contributed by atoms with Crippen molar-refractivity contribution in [3.8, 4) is 11.5 Å². The van der Waals surface area contributed by atoms with Crippen molar-refractivity contribution in [2.45, 2.75) is 72.1 Å². The van der Waals surface area contributed by atoms with Crippen LogP contribution in [-0.4, -0.2) is 24.2 Å². The highest BCUT2D eigenvalue weighted by molar-refractivity contribution is 5.96. The predicted molar refractivity (Wildman–Crippen MR) is 118 cm³/mol. The molecule has 0 saturated carbocycles.